The molecule has 1 heterocycles. The first kappa shape index (κ1) is 17.9. The Morgan fingerprint density at radius 3 is 2.37 bits per heavy atom. The monoisotopic (exact) mass is 394 g/mol. The van der Waals surface area contributed by atoms with Gasteiger partial charge in [-0.15, -0.1) is 0 Å². The summed E-state index contributed by atoms with van der Waals surface area (Å²) in [5.41, 5.74) is -0.335. The molecule has 0 saturated heterocycles. The van der Waals surface area contributed by atoms with Crippen molar-refractivity contribution in [3.63, 3.8) is 0 Å². The molecule has 0 aromatic heterocycles. The lowest BCUT2D eigenvalue weighted by Gasteiger charge is -2.37. The number of nitrogens with zero attached hydrogens (tertiary/aromatic N) is 2. The van der Waals surface area contributed by atoms with Crippen molar-refractivity contribution in [2.45, 2.75) is 19.0 Å². The molecule has 1 fully saturated rings. The number of anilines is 3. The van der Waals surface area contributed by atoms with E-state index in [0.29, 0.717) is 0 Å². The number of para-hydroxylation sites is 1. The molecule has 1 aliphatic carbocycles. The molecule has 1 saturated carbocycles. The average molecular weight is 395 g/mol. The van der Waals surface area contributed by atoms with Crippen LogP contribution in [0.15, 0.2) is 42.5 Å². The maximum Gasteiger partial charge on any atom is 0.416 e. The number of hydrogen-bond acceptors (Lipinski definition) is 2. The van der Waals surface area contributed by atoms with Crippen molar-refractivity contribution in [2.24, 2.45) is 5.92 Å². The third-order valence-electron chi connectivity index (χ3n) is 4.66. The van der Waals surface area contributed by atoms with Crippen LogP contribution in [0.2, 0.25) is 5.02 Å². The van der Waals surface area contributed by atoms with E-state index in [1.807, 2.05) is 0 Å². The van der Waals surface area contributed by atoms with Crippen LogP contribution >= 0.6 is 11.6 Å². The molecule has 2 aromatic rings. The van der Waals surface area contributed by atoms with Crippen molar-refractivity contribution in [3.05, 3.63) is 53.1 Å². The molecule has 140 valence electrons. The van der Waals surface area contributed by atoms with Gasteiger partial charge in [0.05, 0.1) is 27.6 Å². The summed E-state index contributed by atoms with van der Waals surface area (Å²) in [5, 5.41) is 0.233. The summed E-state index contributed by atoms with van der Waals surface area (Å²) in [7, 11) is 0. The number of rotatable bonds is 2. The first-order valence-corrected chi connectivity index (χ1v) is 8.75. The number of carbonyl (C=O) groups is 2. The molecule has 1 aliphatic heterocycles. The number of alkyl halides is 3. The molecule has 0 unspecified atom stereocenters. The quantitative estimate of drug-likeness (QED) is 0.735. The number of fused-ring (bicyclic) bond motifs is 1. The van der Waals surface area contributed by atoms with E-state index in [1.54, 1.807) is 24.3 Å². The first-order valence-electron chi connectivity index (χ1n) is 8.37. The molecule has 27 heavy (non-hydrogen) atoms. The number of halogens is 4. The summed E-state index contributed by atoms with van der Waals surface area (Å²) >= 11 is 6.18. The lowest BCUT2D eigenvalue weighted by atomic mass is 10.1. The molecular weight excluding hydrogens is 381 g/mol. The largest absolute Gasteiger partial charge is 0.416 e. The third kappa shape index (κ3) is 3.16. The van der Waals surface area contributed by atoms with E-state index in [0.717, 1.165) is 29.9 Å². The Hall–Kier alpha value is -2.54. The van der Waals surface area contributed by atoms with E-state index < -0.39 is 17.6 Å². The van der Waals surface area contributed by atoms with Crippen molar-refractivity contribution < 1.29 is 22.8 Å². The van der Waals surface area contributed by atoms with Gasteiger partial charge in [0, 0.05) is 5.92 Å². The molecule has 2 aromatic carbocycles. The Morgan fingerprint density at radius 2 is 1.74 bits per heavy atom. The molecule has 8 heteroatoms. The van der Waals surface area contributed by atoms with Gasteiger partial charge in [-0.25, -0.2) is 0 Å². The number of hydrogen-bond donors (Lipinski definition) is 0. The molecule has 4 nitrogen and oxygen atoms in total. The van der Waals surface area contributed by atoms with Gasteiger partial charge in [-0.2, -0.15) is 13.2 Å². The lowest BCUT2D eigenvalue weighted by molar-refractivity contribution is -0.137. The molecule has 0 N–H and O–H groups in total. The molecule has 4 rings (SSSR count). The van der Waals surface area contributed by atoms with Gasteiger partial charge in [-0.1, -0.05) is 23.7 Å². The fourth-order valence-corrected chi connectivity index (χ4v) is 3.40. The van der Waals surface area contributed by atoms with Crippen LogP contribution in [-0.2, 0) is 15.8 Å². The minimum Gasteiger partial charge on any atom is -0.301 e. The van der Waals surface area contributed by atoms with E-state index >= 15 is 0 Å². The SMILES string of the molecule is O=C(C1CC1)N1CC(=O)N(c2ccccc2Cl)c2cc(C(F)(F)F)ccc21. The molecular formula is C19H14ClF3N2O2. The summed E-state index contributed by atoms with van der Waals surface area (Å²) in [6, 6.07) is 9.48. The van der Waals surface area contributed by atoms with Gasteiger partial charge in [-0.3, -0.25) is 14.5 Å². The third-order valence-corrected chi connectivity index (χ3v) is 4.98. The normalized spacial score (nSPS) is 17.1. The summed E-state index contributed by atoms with van der Waals surface area (Å²) in [6.07, 6.45) is -3.12. The zero-order valence-electron chi connectivity index (χ0n) is 14.0. The van der Waals surface area contributed by atoms with Crippen molar-refractivity contribution in [3.8, 4) is 0 Å². The van der Waals surface area contributed by atoms with E-state index in [2.05, 4.69) is 0 Å². The first-order chi connectivity index (χ1) is 12.8. The highest BCUT2D eigenvalue weighted by Gasteiger charge is 2.41. The van der Waals surface area contributed by atoms with Crippen LogP contribution in [0, 0.1) is 5.92 Å². The lowest BCUT2D eigenvalue weighted by Crippen LogP contribution is -2.47. The summed E-state index contributed by atoms with van der Waals surface area (Å²) < 4.78 is 39.7. The minimum atomic E-state index is -4.58. The van der Waals surface area contributed by atoms with Crippen molar-refractivity contribution in [2.75, 3.05) is 16.3 Å². The van der Waals surface area contributed by atoms with Gasteiger partial charge in [0.1, 0.15) is 6.54 Å². The Morgan fingerprint density at radius 1 is 1.04 bits per heavy atom. The number of amides is 2. The van der Waals surface area contributed by atoms with Crippen LogP contribution in [0.3, 0.4) is 0 Å². The topological polar surface area (TPSA) is 40.6 Å². The molecule has 2 amide bonds. The predicted octanol–water partition coefficient (Wildman–Crippen LogP) is 4.78. The van der Waals surface area contributed by atoms with Gasteiger partial charge in [0.25, 0.3) is 5.91 Å². The minimum absolute atomic E-state index is 0.00294. The number of carbonyl (C=O) groups excluding carboxylic acids is 2. The van der Waals surface area contributed by atoms with Gasteiger partial charge in [-0.05, 0) is 43.2 Å². The second kappa shape index (κ2) is 6.27. The summed E-state index contributed by atoms with van der Waals surface area (Å²) in [5.74, 6) is -0.910. The van der Waals surface area contributed by atoms with Crippen LogP contribution in [-0.4, -0.2) is 18.4 Å². The second-order valence-corrected chi connectivity index (χ2v) is 6.99. The second-order valence-electron chi connectivity index (χ2n) is 6.58. The Kier molecular flexibility index (Phi) is 4.14. The van der Waals surface area contributed by atoms with E-state index in [9.17, 15) is 22.8 Å². The van der Waals surface area contributed by atoms with Crippen molar-refractivity contribution in [1.29, 1.82) is 0 Å². The number of benzene rings is 2. The van der Waals surface area contributed by atoms with Crippen molar-refractivity contribution in [1.82, 2.24) is 0 Å². The summed E-state index contributed by atoms with van der Waals surface area (Å²) in [4.78, 5) is 27.8. The Balaban J connectivity index is 1.89. The van der Waals surface area contributed by atoms with E-state index in [4.69, 9.17) is 11.6 Å². The predicted molar refractivity (Wildman–Crippen MR) is 95.1 cm³/mol. The zero-order valence-corrected chi connectivity index (χ0v) is 14.7. The van der Waals surface area contributed by atoms with E-state index in [-0.39, 0.29) is 40.5 Å². The van der Waals surface area contributed by atoms with Crippen LogP contribution in [0.4, 0.5) is 30.2 Å². The zero-order chi connectivity index (χ0) is 19.3. The van der Waals surface area contributed by atoms with Crippen LogP contribution in [0.1, 0.15) is 18.4 Å². The fourth-order valence-electron chi connectivity index (χ4n) is 3.18. The van der Waals surface area contributed by atoms with Crippen LogP contribution in [0.5, 0.6) is 0 Å². The maximum atomic E-state index is 13.2. The maximum absolute atomic E-state index is 13.2. The molecule has 0 atom stereocenters. The van der Waals surface area contributed by atoms with Gasteiger partial charge in [0.2, 0.25) is 5.91 Å². The van der Waals surface area contributed by atoms with Crippen molar-refractivity contribution >= 4 is 40.5 Å². The Bertz CT molecular complexity index is 941. The van der Waals surface area contributed by atoms with Gasteiger partial charge < -0.3 is 4.90 Å². The highest BCUT2D eigenvalue weighted by atomic mass is 35.5. The highest BCUT2D eigenvalue weighted by Crippen LogP contribution is 2.45. The summed E-state index contributed by atoms with van der Waals surface area (Å²) in [6.45, 7) is -0.237. The fraction of sp³-hybridized carbons (Fsp3) is 0.263. The molecule has 0 spiro atoms. The van der Waals surface area contributed by atoms with E-state index in [1.165, 1.54) is 11.0 Å². The molecule has 0 radical (unpaired) electrons. The highest BCUT2D eigenvalue weighted by molar-refractivity contribution is 6.34. The molecule has 0 bridgehead atoms. The standard InChI is InChI=1S/C19H14ClF3N2O2/c20-13-3-1-2-4-14(13)25-16-9-12(19(21,22)23)7-8-15(16)24(10-17(25)26)18(27)11-5-6-11/h1-4,7-9,11H,5-6,10H2. The van der Waals surface area contributed by atoms with Gasteiger partial charge in [0.15, 0.2) is 0 Å². The Labute approximate surface area is 158 Å². The molecule has 2 aliphatic rings. The van der Waals surface area contributed by atoms with Gasteiger partial charge >= 0.3 is 6.18 Å². The smallest absolute Gasteiger partial charge is 0.301 e. The van der Waals surface area contributed by atoms with Crippen LogP contribution < -0.4 is 9.80 Å². The van der Waals surface area contributed by atoms with Crippen LogP contribution in [0.25, 0.3) is 0 Å². The average Bonchev–Trinajstić information content (AvgIpc) is 3.45.